The van der Waals surface area contributed by atoms with Crippen LogP contribution in [0.2, 0.25) is 0 Å². The van der Waals surface area contributed by atoms with E-state index in [1.165, 1.54) is 0 Å². The Morgan fingerprint density at radius 1 is 0.949 bits per heavy atom. The quantitative estimate of drug-likeness (QED) is 0.232. The number of pyridine rings is 1. The van der Waals surface area contributed by atoms with Gasteiger partial charge in [-0.15, -0.1) is 5.10 Å². The molecule has 0 aliphatic carbocycles. The first-order valence-corrected chi connectivity index (χ1v) is 11.9. The molecule has 11 nitrogen and oxygen atoms in total. The van der Waals surface area contributed by atoms with Crippen LogP contribution in [0.25, 0.3) is 15.7 Å². The van der Waals surface area contributed by atoms with E-state index in [0.29, 0.717) is 64.1 Å². The molecule has 0 saturated carbocycles. The lowest BCUT2D eigenvalue weighted by atomic mass is 10.1. The Kier molecular flexibility index (Phi) is 7.46. The van der Waals surface area contributed by atoms with E-state index < -0.39 is 0 Å². The number of nitrogens with one attached hydrogen (secondary N) is 2. The van der Waals surface area contributed by atoms with E-state index in [2.05, 4.69) is 30.8 Å². The van der Waals surface area contributed by atoms with Gasteiger partial charge in [0.2, 0.25) is 5.69 Å². The molecule has 0 aliphatic rings. The van der Waals surface area contributed by atoms with E-state index in [-0.39, 0.29) is 6.03 Å². The number of hydrogen-bond donors (Lipinski definition) is 2. The molecule has 194 valence electrons. The summed E-state index contributed by atoms with van der Waals surface area (Å²) in [7, 11) is 1.58. The fourth-order valence-electron chi connectivity index (χ4n) is 3.73. The maximum absolute atomic E-state index is 12.3. The number of nitrogens with zero attached hydrogens (tertiary/aromatic N) is 5. The molecule has 0 atom stereocenters. The minimum atomic E-state index is -0.375. The van der Waals surface area contributed by atoms with Gasteiger partial charge in [0.05, 0.1) is 31.9 Å². The van der Waals surface area contributed by atoms with Gasteiger partial charge >= 0.3 is 6.03 Å². The van der Waals surface area contributed by atoms with E-state index in [4.69, 9.17) is 20.8 Å². The summed E-state index contributed by atoms with van der Waals surface area (Å²) in [4.78, 5) is 20.4. The predicted octanol–water partition coefficient (Wildman–Crippen LogP) is 5.90. The number of rotatable bonds is 9. The van der Waals surface area contributed by atoms with Crippen LogP contribution in [0.3, 0.4) is 0 Å². The Morgan fingerprint density at radius 2 is 1.67 bits per heavy atom. The maximum Gasteiger partial charge on any atom is 0.323 e. The topological polar surface area (TPSA) is 117 Å². The lowest BCUT2D eigenvalue weighted by Crippen LogP contribution is -2.19. The predicted molar refractivity (Wildman–Crippen MR) is 146 cm³/mol. The van der Waals surface area contributed by atoms with Gasteiger partial charge < -0.3 is 24.8 Å². The number of anilines is 2. The van der Waals surface area contributed by atoms with E-state index in [0.717, 1.165) is 0 Å². The molecular weight excluding hydrogens is 498 g/mol. The van der Waals surface area contributed by atoms with Gasteiger partial charge in [-0.05, 0) is 66.7 Å². The third-order valence-corrected chi connectivity index (χ3v) is 5.64. The Hall–Kier alpha value is -5.63. The van der Waals surface area contributed by atoms with Gasteiger partial charge in [-0.2, -0.15) is 0 Å². The highest BCUT2D eigenvalue weighted by Crippen LogP contribution is 2.37. The van der Waals surface area contributed by atoms with Crippen molar-refractivity contribution in [1.82, 2.24) is 20.0 Å². The number of aromatic nitrogens is 4. The molecule has 0 unspecified atom stereocenters. The monoisotopic (exact) mass is 521 g/mol. The van der Waals surface area contributed by atoms with E-state index in [1.54, 1.807) is 97.1 Å². The molecule has 2 N–H and O–H groups in total. The van der Waals surface area contributed by atoms with Crippen molar-refractivity contribution < 1.29 is 19.0 Å². The van der Waals surface area contributed by atoms with Gasteiger partial charge in [-0.1, -0.05) is 5.21 Å². The molecule has 11 heteroatoms. The molecular formula is C28H23N7O4. The number of urea groups is 1. The zero-order chi connectivity index (χ0) is 27.0. The first-order chi connectivity index (χ1) is 19.1. The van der Waals surface area contributed by atoms with Crippen molar-refractivity contribution in [1.29, 1.82) is 0 Å². The third-order valence-electron chi connectivity index (χ3n) is 5.64. The molecule has 0 fully saturated rings. The fraction of sp³-hybridized carbons (Fsp3) is 0.107. The summed E-state index contributed by atoms with van der Waals surface area (Å²) >= 11 is 0. The molecule has 2 heterocycles. The zero-order valence-electron chi connectivity index (χ0n) is 20.9. The van der Waals surface area contributed by atoms with Gasteiger partial charge in [0.15, 0.2) is 0 Å². The van der Waals surface area contributed by atoms with Gasteiger partial charge in [-0.3, -0.25) is 4.98 Å². The van der Waals surface area contributed by atoms with Crippen LogP contribution >= 0.6 is 0 Å². The summed E-state index contributed by atoms with van der Waals surface area (Å²) in [6, 6.07) is 18.8. The van der Waals surface area contributed by atoms with Gasteiger partial charge in [-0.25, -0.2) is 14.3 Å². The molecule has 0 spiro atoms. The first kappa shape index (κ1) is 25.0. The minimum absolute atomic E-state index is 0.325. The van der Waals surface area contributed by atoms with Crippen LogP contribution in [0.15, 0.2) is 85.3 Å². The van der Waals surface area contributed by atoms with Crippen molar-refractivity contribution >= 4 is 34.0 Å². The Balaban J connectivity index is 1.25. The SMILES string of the molecule is [C-]#[N+]c1cc2c(Oc3ccc(NC(=O)Nc4ccc(OC)cc4)cc3)ccnc2cc1OCCn1ccnn1. The van der Waals surface area contributed by atoms with Gasteiger partial charge in [0.25, 0.3) is 0 Å². The molecule has 2 aromatic heterocycles. The number of carbonyl (C=O) groups excluding carboxylic acids is 1. The Bertz CT molecular complexity index is 1610. The normalized spacial score (nSPS) is 10.5. The van der Waals surface area contributed by atoms with Crippen LogP contribution in [-0.4, -0.2) is 39.7 Å². The smallest absolute Gasteiger partial charge is 0.323 e. The number of carbonyl (C=O) groups is 1. The van der Waals surface area contributed by atoms with Crippen LogP contribution in [0.5, 0.6) is 23.0 Å². The molecule has 5 aromatic rings. The van der Waals surface area contributed by atoms with Crippen LogP contribution in [0.4, 0.5) is 21.9 Å². The average molecular weight is 522 g/mol. The summed E-state index contributed by atoms with van der Waals surface area (Å²) in [5.74, 6) is 2.24. The highest BCUT2D eigenvalue weighted by atomic mass is 16.5. The van der Waals surface area contributed by atoms with Gasteiger partial charge in [0, 0.05) is 29.2 Å². The molecule has 0 radical (unpaired) electrons. The van der Waals surface area contributed by atoms with E-state index in [9.17, 15) is 4.79 Å². The zero-order valence-corrected chi connectivity index (χ0v) is 20.9. The number of fused-ring (bicyclic) bond motifs is 1. The summed E-state index contributed by atoms with van der Waals surface area (Å²) in [6.45, 7) is 8.43. The summed E-state index contributed by atoms with van der Waals surface area (Å²) in [5.41, 5.74) is 2.21. The maximum atomic E-state index is 12.3. The number of ether oxygens (including phenoxy) is 3. The number of amides is 2. The Morgan fingerprint density at radius 3 is 2.31 bits per heavy atom. The van der Waals surface area contributed by atoms with Crippen LogP contribution < -0.4 is 24.8 Å². The summed E-state index contributed by atoms with van der Waals surface area (Å²) in [6.07, 6.45) is 4.97. The summed E-state index contributed by atoms with van der Waals surface area (Å²) < 4.78 is 18.7. The van der Waals surface area contributed by atoms with E-state index >= 15 is 0 Å². The molecule has 3 aromatic carbocycles. The van der Waals surface area contributed by atoms with Crippen molar-refractivity contribution in [2.24, 2.45) is 0 Å². The van der Waals surface area contributed by atoms with Crippen molar-refractivity contribution in [3.8, 4) is 23.0 Å². The standard InChI is InChI=1S/C28H23N7O4/c1-29-25-17-23-24(18-27(25)38-16-15-35-14-13-31-34-35)30-12-11-26(23)39-22-9-5-20(6-10-22)33-28(36)32-19-3-7-21(37-2)8-4-19/h3-14,17-18H,15-16H2,2H3,(H2,32,33,36). The molecule has 39 heavy (non-hydrogen) atoms. The second-order valence-corrected chi connectivity index (χ2v) is 8.21. The molecule has 5 rings (SSSR count). The lowest BCUT2D eigenvalue weighted by Gasteiger charge is -2.13. The average Bonchev–Trinajstić information content (AvgIpc) is 3.48. The highest BCUT2D eigenvalue weighted by Gasteiger charge is 2.12. The van der Waals surface area contributed by atoms with Crippen molar-refractivity contribution in [3.63, 3.8) is 0 Å². The van der Waals surface area contributed by atoms with Crippen LogP contribution in [-0.2, 0) is 6.54 Å². The molecule has 0 bridgehead atoms. The molecule has 2 amide bonds. The number of methoxy groups -OCH3 is 1. The highest BCUT2D eigenvalue weighted by molar-refractivity contribution is 5.99. The molecule has 0 aliphatic heterocycles. The second kappa shape index (κ2) is 11.6. The van der Waals surface area contributed by atoms with E-state index in [1.807, 2.05) is 0 Å². The molecule has 0 saturated heterocycles. The first-order valence-electron chi connectivity index (χ1n) is 11.9. The summed E-state index contributed by atoms with van der Waals surface area (Å²) in [5, 5.41) is 13.9. The van der Waals surface area contributed by atoms with Crippen molar-refractivity contribution in [2.45, 2.75) is 6.54 Å². The fourth-order valence-corrected chi connectivity index (χ4v) is 3.73. The lowest BCUT2D eigenvalue weighted by molar-refractivity contribution is 0.262. The Labute approximate surface area is 223 Å². The van der Waals surface area contributed by atoms with Crippen LogP contribution in [0.1, 0.15) is 0 Å². The van der Waals surface area contributed by atoms with Crippen molar-refractivity contribution in [3.05, 3.63) is 96.7 Å². The second-order valence-electron chi connectivity index (χ2n) is 8.21. The third kappa shape index (κ3) is 6.20. The largest absolute Gasteiger partial charge is 0.503 e. The van der Waals surface area contributed by atoms with Crippen molar-refractivity contribution in [2.75, 3.05) is 24.4 Å². The number of hydrogen-bond acceptors (Lipinski definition) is 7. The van der Waals surface area contributed by atoms with Crippen LogP contribution in [0, 0.1) is 6.57 Å². The minimum Gasteiger partial charge on any atom is -0.503 e. The van der Waals surface area contributed by atoms with Gasteiger partial charge in [0.1, 0.15) is 29.6 Å². The number of benzene rings is 3.